The summed E-state index contributed by atoms with van der Waals surface area (Å²) in [6.45, 7) is 0. The molecule has 1 heterocycles. The third-order valence-electron chi connectivity index (χ3n) is 2.42. The van der Waals surface area contributed by atoms with Gasteiger partial charge in [-0.2, -0.15) is 5.10 Å². The van der Waals surface area contributed by atoms with E-state index in [1.807, 2.05) is 7.05 Å². The second-order valence-electron chi connectivity index (χ2n) is 3.48. The number of carbonyl (C=O) groups excluding carboxylic acids is 1. The van der Waals surface area contributed by atoms with Crippen LogP contribution in [-0.2, 0) is 11.8 Å². The average molecular weight is 211 g/mol. The van der Waals surface area contributed by atoms with Crippen molar-refractivity contribution in [2.45, 2.75) is 36.1 Å². The van der Waals surface area contributed by atoms with Gasteiger partial charge in [0.05, 0.1) is 5.25 Å². The first kappa shape index (κ1) is 9.71. The second kappa shape index (κ2) is 4.13. The number of thioether (sulfide) groups is 1. The van der Waals surface area contributed by atoms with Gasteiger partial charge in [-0.1, -0.05) is 18.2 Å². The number of Topliss-reactive ketones (excluding diaryl/α,β-unsaturated/α-hetero) is 1. The zero-order valence-corrected chi connectivity index (χ0v) is 8.96. The van der Waals surface area contributed by atoms with Crippen molar-refractivity contribution < 1.29 is 4.79 Å². The van der Waals surface area contributed by atoms with Gasteiger partial charge in [0.25, 0.3) is 0 Å². The number of hydrogen-bond donors (Lipinski definition) is 0. The van der Waals surface area contributed by atoms with Crippen molar-refractivity contribution >= 4 is 17.5 Å². The lowest BCUT2D eigenvalue weighted by molar-refractivity contribution is -0.119. The molecule has 1 unspecified atom stereocenters. The first-order valence-corrected chi connectivity index (χ1v) is 5.68. The summed E-state index contributed by atoms with van der Waals surface area (Å²) in [5.74, 6) is 0.365. The Morgan fingerprint density at radius 1 is 1.57 bits per heavy atom. The molecule has 1 aromatic rings. The normalized spacial score (nSPS) is 22.6. The molecule has 1 atom stereocenters. The van der Waals surface area contributed by atoms with Gasteiger partial charge in [0.1, 0.15) is 12.1 Å². The van der Waals surface area contributed by atoms with Crippen LogP contribution in [0, 0.1) is 0 Å². The number of carbonyl (C=O) groups is 1. The van der Waals surface area contributed by atoms with E-state index in [1.54, 1.807) is 16.4 Å². The summed E-state index contributed by atoms with van der Waals surface area (Å²) in [7, 11) is 1.85. The summed E-state index contributed by atoms with van der Waals surface area (Å²) in [4.78, 5) is 15.7. The predicted octanol–water partition coefficient (Wildman–Crippen LogP) is 1.42. The van der Waals surface area contributed by atoms with Crippen LogP contribution in [0.15, 0.2) is 11.5 Å². The van der Waals surface area contributed by atoms with Crippen LogP contribution in [-0.4, -0.2) is 25.8 Å². The minimum atomic E-state index is 0.103. The monoisotopic (exact) mass is 211 g/mol. The van der Waals surface area contributed by atoms with E-state index >= 15 is 0 Å². The van der Waals surface area contributed by atoms with Crippen LogP contribution >= 0.6 is 11.8 Å². The van der Waals surface area contributed by atoms with Crippen LogP contribution in [0.2, 0.25) is 0 Å². The van der Waals surface area contributed by atoms with Gasteiger partial charge in [-0.05, 0) is 12.8 Å². The molecular formula is C9H13N3OS. The van der Waals surface area contributed by atoms with Crippen LogP contribution < -0.4 is 0 Å². The fraction of sp³-hybridized carbons (Fsp3) is 0.667. The fourth-order valence-corrected chi connectivity index (χ4v) is 2.69. The Morgan fingerprint density at radius 2 is 2.43 bits per heavy atom. The quantitative estimate of drug-likeness (QED) is 0.742. The molecule has 0 saturated heterocycles. The van der Waals surface area contributed by atoms with E-state index in [0.717, 1.165) is 30.8 Å². The fourth-order valence-electron chi connectivity index (χ4n) is 1.60. The molecule has 4 nitrogen and oxygen atoms in total. The highest BCUT2D eigenvalue weighted by atomic mass is 32.2. The van der Waals surface area contributed by atoms with Gasteiger partial charge in [-0.15, -0.1) is 0 Å². The summed E-state index contributed by atoms with van der Waals surface area (Å²) in [6, 6.07) is 0. The van der Waals surface area contributed by atoms with Crippen LogP contribution in [0.3, 0.4) is 0 Å². The number of rotatable bonds is 2. The number of ketones is 1. The van der Waals surface area contributed by atoms with E-state index in [0.29, 0.717) is 5.78 Å². The predicted molar refractivity (Wildman–Crippen MR) is 54.1 cm³/mol. The van der Waals surface area contributed by atoms with E-state index in [9.17, 15) is 4.79 Å². The molecule has 0 aliphatic heterocycles. The zero-order chi connectivity index (χ0) is 9.97. The molecule has 1 aliphatic rings. The van der Waals surface area contributed by atoms with Crippen LogP contribution in [0.1, 0.15) is 25.7 Å². The average Bonchev–Trinajstić information content (AvgIpc) is 2.56. The molecule has 0 bridgehead atoms. The molecule has 1 fully saturated rings. The third-order valence-corrected chi connectivity index (χ3v) is 3.78. The molecule has 1 saturated carbocycles. The molecule has 0 radical (unpaired) electrons. The minimum absolute atomic E-state index is 0.103. The van der Waals surface area contributed by atoms with Gasteiger partial charge in [-0.3, -0.25) is 4.79 Å². The van der Waals surface area contributed by atoms with Gasteiger partial charge >= 0.3 is 0 Å². The number of aromatic nitrogens is 3. The lowest BCUT2D eigenvalue weighted by Gasteiger charge is -2.18. The standard InChI is InChI=1S/C9H13N3OS/c1-12-9(10-6-11-12)14-8-5-3-2-4-7(8)13/h6,8H,2-5H2,1H3. The SMILES string of the molecule is Cn1ncnc1SC1CCCCC1=O. The molecule has 2 rings (SSSR count). The van der Waals surface area contributed by atoms with Crippen LogP contribution in [0.25, 0.3) is 0 Å². The highest BCUT2D eigenvalue weighted by molar-refractivity contribution is 8.00. The maximum absolute atomic E-state index is 11.6. The molecule has 0 amide bonds. The Labute approximate surface area is 87.1 Å². The molecule has 5 heteroatoms. The van der Waals surface area contributed by atoms with Crippen molar-refractivity contribution in [2.24, 2.45) is 7.05 Å². The van der Waals surface area contributed by atoms with E-state index in [-0.39, 0.29) is 5.25 Å². The van der Waals surface area contributed by atoms with E-state index in [1.165, 1.54) is 6.33 Å². The highest BCUT2D eigenvalue weighted by Crippen LogP contribution is 2.29. The lowest BCUT2D eigenvalue weighted by Crippen LogP contribution is -2.21. The Kier molecular flexibility index (Phi) is 2.86. The van der Waals surface area contributed by atoms with Gasteiger partial charge in [-0.25, -0.2) is 9.67 Å². The second-order valence-corrected chi connectivity index (χ2v) is 4.65. The van der Waals surface area contributed by atoms with Gasteiger partial charge in [0, 0.05) is 13.5 Å². The van der Waals surface area contributed by atoms with Crippen molar-refractivity contribution in [3.8, 4) is 0 Å². The summed E-state index contributed by atoms with van der Waals surface area (Å²) in [5, 5.41) is 4.92. The third kappa shape index (κ3) is 1.97. The molecule has 0 spiro atoms. The Hall–Kier alpha value is -0.840. The molecule has 0 aromatic carbocycles. The molecular weight excluding hydrogens is 198 g/mol. The molecule has 0 N–H and O–H groups in total. The van der Waals surface area contributed by atoms with E-state index in [4.69, 9.17) is 0 Å². The summed E-state index contributed by atoms with van der Waals surface area (Å²) >= 11 is 1.55. The van der Waals surface area contributed by atoms with Crippen molar-refractivity contribution in [1.29, 1.82) is 0 Å². The Balaban J connectivity index is 2.03. The number of aryl methyl sites for hydroxylation is 1. The van der Waals surface area contributed by atoms with Crippen molar-refractivity contribution in [1.82, 2.24) is 14.8 Å². The van der Waals surface area contributed by atoms with Crippen molar-refractivity contribution in [3.63, 3.8) is 0 Å². The smallest absolute Gasteiger partial charge is 0.186 e. The highest BCUT2D eigenvalue weighted by Gasteiger charge is 2.24. The lowest BCUT2D eigenvalue weighted by atomic mass is 9.99. The summed E-state index contributed by atoms with van der Waals surface area (Å²) in [6.07, 6.45) is 5.44. The maximum Gasteiger partial charge on any atom is 0.186 e. The Morgan fingerprint density at radius 3 is 3.07 bits per heavy atom. The van der Waals surface area contributed by atoms with E-state index in [2.05, 4.69) is 10.1 Å². The van der Waals surface area contributed by atoms with Gasteiger partial charge < -0.3 is 0 Å². The van der Waals surface area contributed by atoms with E-state index < -0.39 is 0 Å². The topological polar surface area (TPSA) is 47.8 Å². The first-order valence-electron chi connectivity index (χ1n) is 4.81. The molecule has 14 heavy (non-hydrogen) atoms. The Bertz CT molecular complexity index is 337. The van der Waals surface area contributed by atoms with Crippen molar-refractivity contribution in [3.05, 3.63) is 6.33 Å². The minimum Gasteiger partial charge on any atom is -0.298 e. The zero-order valence-electron chi connectivity index (χ0n) is 8.14. The maximum atomic E-state index is 11.6. The molecule has 1 aromatic heterocycles. The van der Waals surface area contributed by atoms with Crippen LogP contribution in [0.5, 0.6) is 0 Å². The van der Waals surface area contributed by atoms with Crippen LogP contribution in [0.4, 0.5) is 0 Å². The number of hydrogen-bond acceptors (Lipinski definition) is 4. The molecule has 76 valence electrons. The number of nitrogens with zero attached hydrogens (tertiary/aromatic N) is 3. The first-order chi connectivity index (χ1) is 6.77. The summed E-state index contributed by atoms with van der Waals surface area (Å²) in [5.41, 5.74) is 0. The summed E-state index contributed by atoms with van der Waals surface area (Å²) < 4.78 is 1.71. The molecule has 1 aliphatic carbocycles. The van der Waals surface area contributed by atoms with Gasteiger partial charge in [0.2, 0.25) is 0 Å². The largest absolute Gasteiger partial charge is 0.298 e. The van der Waals surface area contributed by atoms with Gasteiger partial charge in [0.15, 0.2) is 5.16 Å². The van der Waals surface area contributed by atoms with Crippen molar-refractivity contribution in [2.75, 3.05) is 0 Å².